The van der Waals surface area contributed by atoms with Gasteiger partial charge in [0, 0.05) is 30.3 Å². The van der Waals surface area contributed by atoms with Gasteiger partial charge in [0.1, 0.15) is 0 Å². The summed E-state index contributed by atoms with van der Waals surface area (Å²) in [6.07, 6.45) is 2.52. The topological polar surface area (TPSA) is 49.4 Å². The van der Waals surface area contributed by atoms with Crippen LogP contribution in [0.2, 0.25) is 5.02 Å². The number of hydrogen-bond acceptors (Lipinski definition) is 3. The molecule has 0 aliphatic carbocycles. The minimum Gasteiger partial charge on any atom is -0.371 e. The van der Waals surface area contributed by atoms with Crippen molar-refractivity contribution in [2.75, 3.05) is 18.0 Å². The van der Waals surface area contributed by atoms with Gasteiger partial charge in [-0.05, 0) is 60.7 Å². The minimum absolute atomic E-state index is 0.218. The van der Waals surface area contributed by atoms with E-state index < -0.39 is 10.0 Å². The largest absolute Gasteiger partial charge is 0.371 e. The number of anilines is 1. The molecule has 0 amide bonds. The summed E-state index contributed by atoms with van der Waals surface area (Å²) >= 11 is 5.80. The van der Waals surface area contributed by atoms with Gasteiger partial charge in [-0.15, -0.1) is 0 Å². The van der Waals surface area contributed by atoms with Gasteiger partial charge in [-0.3, -0.25) is 0 Å². The molecule has 0 radical (unpaired) electrons. The standard InChI is InChI=1S/C19H23ClN2O2S/c1-15-3-2-12-22(14-15)18-8-4-16(5-9-18)13-21-25(23,24)19-10-6-17(20)7-11-19/h4-11,15,21H,2-3,12-14H2,1H3. The smallest absolute Gasteiger partial charge is 0.240 e. The lowest BCUT2D eigenvalue weighted by atomic mass is 9.99. The molecule has 134 valence electrons. The number of rotatable bonds is 5. The Morgan fingerprint density at radius 2 is 1.80 bits per heavy atom. The highest BCUT2D eigenvalue weighted by Gasteiger charge is 2.17. The van der Waals surface area contributed by atoms with Crippen LogP contribution in [-0.4, -0.2) is 21.5 Å². The van der Waals surface area contributed by atoms with Crippen LogP contribution in [0.3, 0.4) is 0 Å². The van der Waals surface area contributed by atoms with Gasteiger partial charge in [0.05, 0.1) is 4.90 Å². The van der Waals surface area contributed by atoms with Crippen molar-refractivity contribution in [3.05, 3.63) is 59.1 Å². The summed E-state index contributed by atoms with van der Waals surface area (Å²) in [7, 11) is -3.53. The molecule has 1 aliphatic heterocycles. The third-order valence-electron chi connectivity index (χ3n) is 4.55. The van der Waals surface area contributed by atoms with Crippen LogP contribution < -0.4 is 9.62 Å². The van der Waals surface area contributed by atoms with Crippen LogP contribution in [0.25, 0.3) is 0 Å². The van der Waals surface area contributed by atoms with Gasteiger partial charge in [0.2, 0.25) is 10.0 Å². The Labute approximate surface area is 154 Å². The van der Waals surface area contributed by atoms with Gasteiger partial charge in [0.15, 0.2) is 0 Å². The van der Waals surface area contributed by atoms with Crippen LogP contribution in [0, 0.1) is 5.92 Å². The normalized spacial score (nSPS) is 18.3. The van der Waals surface area contributed by atoms with E-state index in [0.717, 1.165) is 24.6 Å². The van der Waals surface area contributed by atoms with Crippen molar-refractivity contribution in [1.82, 2.24) is 4.72 Å². The maximum absolute atomic E-state index is 12.3. The predicted molar refractivity (Wildman–Crippen MR) is 103 cm³/mol. The molecule has 1 atom stereocenters. The van der Waals surface area contributed by atoms with Gasteiger partial charge in [0.25, 0.3) is 0 Å². The Morgan fingerprint density at radius 3 is 2.44 bits per heavy atom. The second kappa shape index (κ2) is 7.77. The van der Waals surface area contributed by atoms with Crippen molar-refractivity contribution in [2.45, 2.75) is 31.2 Å². The van der Waals surface area contributed by atoms with Crippen molar-refractivity contribution in [3.63, 3.8) is 0 Å². The van der Waals surface area contributed by atoms with Gasteiger partial charge in [-0.2, -0.15) is 0 Å². The molecule has 3 rings (SSSR count). The summed E-state index contributed by atoms with van der Waals surface area (Å²) in [5.74, 6) is 0.722. The fraction of sp³-hybridized carbons (Fsp3) is 0.368. The number of benzene rings is 2. The number of nitrogens with one attached hydrogen (secondary N) is 1. The summed E-state index contributed by atoms with van der Waals surface area (Å²) in [4.78, 5) is 2.62. The van der Waals surface area contributed by atoms with E-state index in [1.165, 1.54) is 30.7 Å². The maximum Gasteiger partial charge on any atom is 0.240 e. The van der Waals surface area contributed by atoms with Crippen LogP contribution in [0.15, 0.2) is 53.4 Å². The molecule has 1 N–H and O–H groups in total. The van der Waals surface area contributed by atoms with Crippen molar-refractivity contribution < 1.29 is 8.42 Å². The highest BCUT2D eigenvalue weighted by atomic mass is 35.5. The zero-order valence-corrected chi connectivity index (χ0v) is 15.9. The van der Waals surface area contributed by atoms with E-state index in [1.54, 1.807) is 12.1 Å². The molecule has 0 aromatic heterocycles. The van der Waals surface area contributed by atoms with Crippen molar-refractivity contribution >= 4 is 27.3 Å². The highest BCUT2D eigenvalue weighted by molar-refractivity contribution is 7.89. The third kappa shape index (κ3) is 4.75. The maximum atomic E-state index is 12.3. The predicted octanol–water partition coefficient (Wildman–Crippen LogP) is 4.05. The number of piperidine rings is 1. The number of hydrogen-bond donors (Lipinski definition) is 1. The summed E-state index contributed by atoms with van der Waals surface area (Å²) in [6, 6.07) is 14.3. The van der Waals surface area contributed by atoms with E-state index in [4.69, 9.17) is 11.6 Å². The van der Waals surface area contributed by atoms with Crippen LogP contribution in [-0.2, 0) is 16.6 Å². The van der Waals surface area contributed by atoms with Crippen LogP contribution in [0.5, 0.6) is 0 Å². The molecule has 25 heavy (non-hydrogen) atoms. The van der Waals surface area contributed by atoms with Crippen molar-refractivity contribution in [2.24, 2.45) is 5.92 Å². The average Bonchev–Trinajstić information content (AvgIpc) is 2.61. The van der Waals surface area contributed by atoms with Crippen LogP contribution in [0.1, 0.15) is 25.3 Å². The van der Waals surface area contributed by atoms with E-state index in [9.17, 15) is 8.42 Å². The lowest BCUT2D eigenvalue weighted by molar-refractivity contribution is 0.447. The summed E-state index contributed by atoms with van der Waals surface area (Å²) in [6.45, 7) is 4.73. The highest BCUT2D eigenvalue weighted by Crippen LogP contribution is 2.23. The molecule has 4 nitrogen and oxygen atoms in total. The first-order chi connectivity index (χ1) is 11.9. The molecule has 1 unspecified atom stereocenters. The van der Waals surface area contributed by atoms with E-state index in [1.807, 2.05) is 12.1 Å². The van der Waals surface area contributed by atoms with E-state index in [2.05, 4.69) is 28.7 Å². The lowest BCUT2D eigenvalue weighted by Crippen LogP contribution is -2.34. The van der Waals surface area contributed by atoms with Crippen LogP contribution in [0.4, 0.5) is 5.69 Å². The second-order valence-corrected chi connectivity index (χ2v) is 8.84. The molecule has 0 bridgehead atoms. The molecule has 2 aromatic carbocycles. The molecule has 6 heteroatoms. The first-order valence-corrected chi connectivity index (χ1v) is 10.4. The fourth-order valence-corrected chi connectivity index (χ4v) is 4.27. The molecule has 1 fully saturated rings. The monoisotopic (exact) mass is 378 g/mol. The Kier molecular flexibility index (Phi) is 5.67. The summed E-state index contributed by atoms with van der Waals surface area (Å²) < 4.78 is 27.2. The Balaban J connectivity index is 1.62. The molecular formula is C19H23ClN2O2S. The zero-order chi connectivity index (χ0) is 17.9. The van der Waals surface area contributed by atoms with Gasteiger partial charge in [-0.1, -0.05) is 30.7 Å². The Morgan fingerprint density at radius 1 is 1.12 bits per heavy atom. The summed E-state index contributed by atoms with van der Waals surface area (Å²) in [5, 5.41) is 0.515. The molecule has 1 heterocycles. The molecule has 0 saturated carbocycles. The SMILES string of the molecule is CC1CCCN(c2ccc(CNS(=O)(=O)c3ccc(Cl)cc3)cc2)C1. The molecule has 2 aromatic rings. The Bertz CT molecular complexity index is 804. The fourth-order valence-electron chi connectivity index (χ4n) is 3.12. The van der Waals surface area contributed by atoms with Crippen LogP contribution >= 0.6 is 11.6 Å². The van der Waals surface area contributed by atoms with Gasteiger partial charge >= 0.3 is 0 Å². The van der Waals surface area contributed by atoms with Gasteiger partial charge < -0.3 is 4.90 Å². The van der Waals surface area contributed by atoms with Gasteiger partial charge in [-0.25, -0.2) is 13.1 Å². The second-order valence-electron chi connectivity index (χ2n) is 6.64. The van der Waals surface area contributed by atoms with E-state index in [0.29, 0.717) is 5.02 Å². The van der Waals surface area contributed by atoms with Crippen molar-refractivity contribution in [3.8, 4) is 0 Å². The number of halogens is 1. The average molecular weight is 379 g/mol. The molecular weight excluding hydrogens is 356 g/mol. The lowest BCUT2D eigenvalue weighted by Gasteiger charge is -2.32. The van der Waals surface area contributed by atoms with E-state index >= 15 is 0 Å². The molecule has 1 saturated heterocycles. The quantitative estimate of drug-likeness (QED) is 0.853. The first-order valence-electron chi connectivity index (χ1n) is 8.53. The third-order valence-corrected chi connectivity index (χ3v) is 6.22. The molecule has 0 spiro atoms. The van der Waals surface area contributed by atoms with Crippen molar-refractivity contribution in [1.29, 1.82) is 0 Å². The zero-order valence-electron chi connectivity index (χ0n) is 14.3. The van der Waals surface area contributed by atoms with E-state index in [-0.39, 0.29) is 11.4 Å². The number of nitrogens with zero attached hydrogens (tertiary/aromatic N) is 1. The molecule has 1 aliphatic rings. The summed E-state index contributed by atoms with van der Waals surface area (Å²) in [5.41, 5.74) is 2.14. The Hall–Kier alpha value is -1.56. The first kappa shape index (κ1) is 18.2. The minimum atomic E-state index is -3.53. The number of sulfonamides is 1.